The zero-order chi connectivity index (χ0) is 23.0. The third kappa shape index (κ3) is 6.63. The van der Waals surface area contributed by atoms with E-state index in [1.54, 1.807) is 0 Å². The summed E-state index contributed by atoms with van der Waals surface area (Å²) in [5.41, 5.74) is 1.20. The van der Waals surface area contributed by atoms with E-state index in [1.165, 1.54) is 12.1 Å². The highest BCUT2D eigenvalue weighted by Gasteiger charge is 2.37. The van der Waals surface area contributed by atoms with E-state index < -0.39 is 0 Å². The van der Waals surface area contributed by atoms with Gasteiger partial charge in [-0.3, -0.25) is 14.5 Å². The van der Waals surface area contributed by atoms with E-state index in [4.69, 9.17) is 11.6 Å². The van der Waals surface area contributed by atoms with Crippen LogP contribution in [0.3, 0.4) is 0 Å². The lowest BCUT2D eigenvalue weighted by Gasteiger charge is -2.36. The van der Waals surface area contributed by atoms with Crippen molar-refractivity contribution in [2.24, 2.45) is 5.92 Å². The van der Waals surface area contributed by atoms with Gasteiger partial charge >= 0.3 is 0 Å². The molecular weight excluding hydrogens is 436 g/mol. The first-order chi connectivity index (χ1) is 16.1. The fourth-order valence-electron chi connectivity index (χ4n) is 5.58. The number of nitrogens with zero attached hydrogens (tertiary/aromatic N) is 3. The summed E-state index contributed by atoms with van der Waals surface area (Å²) in [5.74, 6) is 0.419. The van der Waals surface area contributed by atoms with Crippen molar-refractivity contribution < 1.29 is 9.59 Å². The van der Waals surface area contributed by atoms with Gasteiger partial charge < -0.3 is 15.1 Å². The molecule has 7 heteroatoms. The summed E-state index contributed by atoms with van der Waals surface area (Å²) in [5, 5.41) is 3.90. The van der Waals surface area contributed by atoms with E-state index in [9.17, 15) is 9.59 Å². The number of amides is 2. The minimum atomic E-state index is -0.251. The molecule has 6 nitrogen and oxygen atoms in total. The molecule has 1 atom stereocenters. The number of unbranched alkanes of at least 4 members (excludes halogenated alkanes) is 1. The Hall–Kier alpha value is -1.79. The number of hydrogen-bond acceptors (Lipinski definition) is 4. The summed E-state index contributed by atoms with van der Waals surface area (Å²) in [7, 11) is 0. The predicted molar refractivity (Wildman–Crippen MR) is 134 cm³/mol. The van der Waals surface area contributed by atoms with Crippen molar-refractivity contribution in [2.75, 3.05) is 50.7 Å². The standard InChI is InChI=1S/C26H39ClN4O2/c27-22-10-6-11-23(20-22)30-18-16-29(17-19-30)14-5-4-13-28-25(32)24-12-7-15-31(24)26(33)21-8-2-1-3-9-21/h6,10-11,20-21,24H,1-5,7-9,12-19H2,(H,28,32)/t24-/m0/s1. The second-order valence-electron chi connectivity index (χ2n) is 9.83. The highest BCUT2D eigenvalue weighted by atomic mass is 35.5. The number of nitrogens with one attached hydrogen (secondary N) is 1. The molecule has 0 spiro atoms. The van der Waals surface area contributed by atoms with Gasteiger partial charge in [-0.2, -0.15) is 0 Å². The maximum absolute atomic E-state index is 12.9. The molecule has 4 rings (SSSR count). The van der Waals surface area contributed by atoms with Gasteiger partial charge in [-0.25, -0.2) is 0 Å². The van der Waals surface area contributed by atoms with Crippen molar-refractivity contribution >= 4 is 29.1 Å². The minimum Gasteiger partial charge on any atom is -0.369 e. The monoisotopic (exact) mass is 474 g/mol. The first kappa shape index (κ1) is 24.3. The van der Waals surface area contributed by atoms with Crippen LogP contribution in [0.1, 0.15) is 57.8 Å². The van der Waals surface area contributed by atoms with Gasteiger partial charge in [0.2, 0.25) is 11.8 Å². The highest BCUT2D eigenvalue weighted by Crippen LogP contribution is 2.29. The molecule has 0 unspecified atom stereocenters. The van der Waals surface area contributed by atoms with Crippen LogP contribution in [-0.2, 0) is 9.59 Å². The van der Waals surface area contributed by atoms with Crippen LogP contribution in [0.2, 0.25) is 5.02 Å². The van der Waals surface area contributed by atoms with Crippen molar-refractivity contribution in [1.29, 1.82) is 0 Å². The summed E-state index contributed by atoms with van der Waals surface area (Å²) in [4.78, 5) is 32.5. The lowest BCUT2D eigenvalue weighted by Crippen LogP contribution is -2.48. The Morgan fingerprint density at radius 2 is 1.73 bits per heavy atom. The van der Waals surface area contributed by atoms with Gasteiger partial charge in [-0.05, 0) is 63.3 Å². The Labute approximate surface area is 203 Å². The molecule has 1 aromatic rings. The van der Waals surface area contributed by atoms with Gasteiger partial charge in [-0.1, -0.05) is 36.9 Å². The molecule has 33 heavy (non-hydrogen) atoms. The normalized spacial score (nSPS) is 22.5. The van der Waals surface area contributed by atoms with E-state index in [0.29, 0.717) is 6.54 Å². The zero-order valence-electron chi connectivity index (χ0n) is 19.8. The van der Waals surface area contributed by atoms with Gasteiger partial charge in [-0.15, -0.1) is 0 Å². The average Bonchev–Trinajstić information content (AvgIpc) is 3.34. The van der Waals surface area contributed by atoms with Crippen molar-refractivity contribution in [3.05, 3.63) is 29.3 Å². The summed E-state index contributed by atoms with van der Waals surface area (Å²) < 4.78 is 0. The molecule has 1 saturated carbocycles. The first-order valence-corrected chi connectivity index (χ1v) is 13.3. The zero-order valence-corrected chi connectivity index (χ0v) is 20.6. The van der Waals surface area contributed by atoms with Crippen molar-refractivity contribution in [1.82, 2.24) is 15.1 Å². The second-order valence-corrected chi connectivity index (χ2v) is 10.3. The summed E-state index contributed by atoms with van der Waals surface area (Å²) in [6.45, 7) is 6.65. The van der Waals surface area contributed by atoms with Crippen LogP contribution in [0.15, 0.2) is 24.3 Å². The Morgan fingerprint density at radius 1 is 0.939 bits per heavy atom. The number of piperazine rings is 1. The number of carbonyl (C=O) groups excluding carboxylic acids is 2. The van der Waals surface area contributed by atoms with E-state index in [1.807, 2.05) is 23.1 Å². The van der Waals surface area contributed by atoms with Crippen molar-refractivity contribution in [3.63, 3.8) is 0 Å². The van der Waals surface area contributed by atoms with Crippen LogP contribution in [0.4, 0.5) is 5.69 Å². The molecule has 2 saturated heterocycles. The molecule has 182 valence electrons. The molecule has 1 aliphatic carbocycles. The first-order valence-electron chi connectivity index (χ1n) is 12.9. The number of likely N-dealkylation sites (tertiary alicyclic amines) is 1. The van der Waals surface area contributed by atoms with Crippen molar-refractivity contribution in [2.45, 2.75) is 63.8 Å². The lowest BCUT2D eigenvalue weighted by atomic mass is 9.88. The topological polar surface area (TPSA) is 55.9 Å². The van der Waals surface area contributed by atoms with E-state index in [-0.39, 0.29) is 23.8 Å². The maximum Gasteiger partial charge on any atom is 0.242 e. The SMILES string of the molecule is O=C(NCCCCN1CCN(c2cccc(Cl)c2)CC1)[C@@H]1CCCN1C(=O)C1CCCCC1. The fraction of sp³-hybridized carbons (Fsp3) is 0.692. The number of anilines is 1. The quantitative estimate of drug-likeness (QED) is 0.580. The molecule has 3 fully saturated rings. The molecule has 0 radical (unpaired) electrons. The van der Waals surface area contributed by atoms with Crippen LogP contribution in [-0.4, -0.2) is 73.5 Å². The molecule has 3 aliphatic rings. The van der Waals surface area contributed by atoms with Crippen LogP contribution in [0, 0.1) is 5.92 Å². The van der Waals surface area contributed by atoms with Gasteiger partial charge in [0.05, 0.1) is 0 Å². The second kappa shape index (κ2) is 12.1. The van der Waals surface area contributed by atoms with Gasteiger partial charge in [0.1, 0.15) is 6.04 Å². The summed E-state index contributed by atoms with van der Waals surface area (Å²) in [6.07, 6.45) is 9.34. The average molecular weight is 475 g/mol. The number of rotatable bonds is 8. The molecular formula is C26H39ClN4O2. The van der Waals surface area contributed by atoms with Crippen LogP contribution < -0.4 is 10.2 Å². The molecule has 2 heterocycles. The highest BCUT2D eigenvalue weighted by molar-refractivity contribution is 6.30. The molecule has 2 amide bonds. The number of benzene rings is 1. The molecule has 2 aliphatic heterocycles. The third-order valence-electron chi connectivity index (χ3n) is 7.54. The number of halogens is 1. The molecule has 1 N–H and O–H groups in total. The van der Waals surface area contributed by atoms with Gasteiger partial charge in [0.25, 0.3) is 0 Å². The molecule has 0 bridgehead atoms. The summed E-state index contributed by atoms with van der Waals surface area (Å²) in [6, 6.07) is 7.83. The van der Waals surface area contributed by atoms with E-state index >= 15 is 0 Å². The largest absolute Gasteiger partial charge is 0.369 e. The van der Waals surface area contributed by atoms with Crippen LogP contribution >= 0.6 is 11.6 Å². The van der Waals surface area contributed by atoms with Crippen LogP contribution in [0.5, 0.6) is 0 Å². The number of carbonyl (C=O) groups is 2. The molecule has 0 aromatic heterocycles. The third-order valence-corrected chi connectivity index (χ3v) is 7.77. The van der Waals surface area contributed by atoms with E-state index in [2.05, 4.69) is 21.2 Å². The molecule has 1 aromatic carbocycles. The fourth-order valence-corrected chi connectivity index (χ4v) is 5.76. The van der Waals surface area contributed by atoms with Crippen LogP contribution in [0.25, 0.3) is 0 Å². The lowest BCUT2D eigenvalue weighted by molar-refractivity contribution is -0.142. The summed E-state index contributed by atoms with van der Waals surface area (Å²) >= 11 is 6.13. The maximum atomic E-state index is 12.9. The van der Waals surface area contributed by atoms with Gasteiger partial charge in [0, 0.05) is 55.9 Å². The van der Waals surface area contributed by atoms with Gasteiger partial charge in [0.15, 0.2) is 0 Å². The van der Waals surface area contributed by atoms with E-state index in [0.717, 1.165) is 95.7 Å². The number of hydrogen-bond donors (Lipinski definition) is 1. The Bertz CT molecular complexity index is 790. The Kier molecular flexibility index (Phi) is 8.90. The smallest absolute Gasteiger partial charge is 0.242 e. The Morgan fingerprint density at radius 3 is 2.48 bits per heavy atom. The van der Waals surface area contributed by atoms with Crippen molar-refractivity contribution in [3.8, 4) is 0 Å². The Balaban J connectivity index is 1.11. The minimum absolute atomic E-state index is 0.0480. The predicted octanol–water partition coefficient (Wildman–Crippen LogP) is 3.93.